The van der Waals surface area contributed by atoms with E-state index in [2.05, 4.69) is 20.8 Å². The number of carbonyl (C=O) groups is 1. The molecule has 0 spiro atoms. The molecule has 2 amide bonds. The van der Waals surface area contributed by atoms with Crippen LogP contribution >= 0.6 is 0 Å². The van der Waals surface area contributed by atoms with Gasteiger partial charge in [-0.05, 0) is 51.0 Å². The lowest BCUT2D eigenvalue weighted by Gasteiger charge is -2.28. The summed E-state index contributed by atoms with van der Waals surface area (Å²) >= 11 is 0. The summed E-state index contributed by atoms with van der Waals surface area (Å²) in [7, 11) is 0. The molecule has 0 aliphatic heterocycles. The molecule has 1 heterocycles. The van der Waals surface area contributed by atoms with E-state index in [0.717, 1.165) is 31.4 Å². The second kappa shape index (κ2) is 6.26. The summed E-state index contributed by atoms with van der Waals surface area (Å²) in [5.41, 5.74) is 1.78. The largest absolute Gasteiger partial charge is 0.394 e. The number of hydrogen-bond acceptors (Lipinski definition) is 3. The van der Waals surface area contributed by atoms with Gasteiger partial charge in [-0.1, -0.05) is 0 Å². The number of H-pyrrole nitrogens is 1. The Bertz CT molecular complexity index is 456. The Hall–Kier alpha value is -1.56. The number of aryl methyl sites for hydroxylation is 2. The van der Waals surface area contributed by atoms with Gasteiger partial charge in [-0.2, -0.15) is 5.10 Å². The van der Waals surface area contributed by atoms with E-state index in [1.165, 1.54) is 5.56 Å². The van der Waals surface area contributed by atoms with Gasteiger partial charge in [0.25, 0.3) is 0 Å². The summed E-state index contributed by atoms with van der Waals surface area (Å²) in [6.07, 6.45) is 5.75. The number of aliphatic hydroxyl groups is 1. The van der Waals surface area contributed by atoms with E-state index in [9.17, 15) is 9.90 Å². The van der Waals surface area contributed by atoms with E-state index in [1.807, 2.05) is 20.0 Å². The normalized spacial score (nSPS) is 17.6. The number of nitrogens with one attached hydrogen (secondary N) is 3. The average molecular weight is 280 g/mol. The quantitative estimate of drug-likeness (QED) is 0.564. The second-order valence-corrected chi connectivity index (χ2v) is 5.85. The summed E-state index contributed by atoms with van der Waals surface area (Å²) in [5.74, 6) is 0.409. The van der Waals surface area contributed by atoms with Crippen molar-refractivity contribution < 1.29 is 9.90 Å². The van der Waals surface area contributed by atoms with Crippen LogP contribution < -0.4 is 10.6 Å². The molecule has 1 unspecified atom stereocenters. The molecule has 2 rings (SSSR count). The first-order valence-electron chi connectivity index (χ1n) is 7.21. The highest BCUT2D eigenvalue weighted by Crippen LogP contribution is 2.39. The Labute approximate surface area is 119 Å². The van der Waals surface area contributed by atoms with E-state index in [0.29, 0.717) is 12.5 Å². The molecule has 6 nitrogen and oxygen atoms in total. The zero-order valence-electron chi connectivity index (χ0n) is 12.2. The predicted octanol–water partition coefficient (Wildman–Crippen LogP) is 1.11. The molecule has 1 saturated carbocycles. The van der Waals surface area contributed by atoms with Crippen LogP contribution in [0.2, 0.25) is 0 Å². The van der Waals surface area contributed by atoms with E-state index in [-0.39, 0.29) is 12.6 Å². The molecule has 0 saturated heterocycles. The lowest BCUT2D eigenvalue weighted by molar-refractivity contribution is 0.155. The van der Waals surface area contributed by atoms with Crippen LogP contribution in [0.15, 0.2) is 6.20 Å². The lowest BCUT2D eigenvalue weighted by atomic mass is 9.97. The molecular weight excluding hydrogens is 256 g/mol. The van der Waals surface area contributed by atoms with Gasteiger partial charge in [0.2, 0.25) is 0 Å². The fraction of sp³-hybridized carbons (Fsp3) is 0.714. The highest BCUT2D eigenvalue weighted by Gasteiger charge is 2.42. The van der Waals surface area contributed by atoms with Crippen LogP contribution in [0.5, 0.6) is 0 Å². The molecule has 20 heavy (non-hydrogen) atoms. The van der Waals surface area contributed by atoms with Gasteiger partial charge in [-0.15, -0.1) is 0 Å². The minimum atomic E-state index is -0.481. The molecule has 0 radical (unpaired) electrons. The van der Waals surface area contributed by atoms with Crippen LogP contribution in [0.4, 0.5) is 4.79 Å². The minimum Gasteiger partial charge on any atom is -0.394 e. The van der Waals surface area contributed by atoms with E-state index in [1.54, 1.807) is 0 Å². The van der Waals surface area contributed by atoms with E-state index in [4.69, 9.17) is 0 Å². The van der Waals surface area contributed by atoms with Crippen LogP contribution in [-0.4, -0.2) is 40.0 Å². The zero-order chi connectivity index (χ0) is 14.6. The summed E-state index contributed by atoms with van der Waals surface area (Å²) in [6.45, 7) is 4.49. The first kappa shape index (κ1) is 14.8. The Balaban J connectivity index is 1.66. The molecule has 1 aromatic rings. The highest BCUT2D eigenvalue weighted by molar-refractivity contribution is 5.74. The number of aliphatic hydroxyl groups excluding tert-OH is 1. The number of amides is 2. The van der Waals surface area contributed by atoms with Crippen molar-refractivity contribution in [3.05, 3.63) is 17.5 Å². The van der Waals surface area contributed by atoms with Gasteiger partial charge in [0.15, 0.2) is 0 Å². The molecular formula is C14H24N4O2. The number of carbonyl (C=O) groups excluding carboxylic acids is 1. The van der Waals surface area contributed by atoms with Gasteiger partial charge >= 0.3 is 6.03 Å². The SMILES string of the molecule is Cc1[nH]ncc1CCCNC(=O)NC(C)(CO)C1CC1. The third kappa shape index (κ3) is 3.72. The molecule has 112 valence electrons. The van der Waals surface area contributed by atoms with Crippen LogP contribution in [-0.2, 0) is 6.42 Å². The maximum absolute atomic E-state index is 11.8. The molecule has 1 aromatic heterocycles. The standard InChI is InChI=1S/C14H24N4O2/c1-10-11(8-16-18-10)4-3-7-15-13(20)17-14(2,9-19)12-5-6-12/h8,12,19H,3-7,9H2,1-2H3,(H,16,18)(H2,15,17,20). The Morgan fingerprint density at radius 3 is 2.90 bits per heavy atom. The fourth-order valence-electron chi connectivity index (χ4n) is 2.40. The number of urea groups is 1. The number of nitrogens with zero attached hydrogens (tertiary/aromatic N) is 1. The lowest BCUT2D eigenvalue weighted by Crippen LogP contribution is -2.54. The second-order valence-electron chi connectivity index (χ2n) is 5.85. The monoisotopic (exact) mass is 280 g/mol. The van der Waals surface area contributed by atoms with Crippen LogP contribution in [0.3, 0.4) is 0 Å². The topological polar surface area (TPSA) is 90.0 Å². The molecule has 1 aliphatic carbocycles. The van der Waals surface area contributed by atoms with Gasteiger partial charge in [0.05, 0.1) is 18.3 Å². The molecule has 0 bridgehead atoms. The third-order valence-corrected chi connectivity index (χ3v) is 4.05. The zero-order valence-corrected chi connectivity index (χ0v) is 12.2. The third-order valence-electron chi connectivity index (χ3n) is 4.05. The summed E-state index contributed by atoms with van der Waals surface area (Å²) in [5, 5.41) is 22.0. The van der Waals surface area contributed by atoms with Gasteiger partial charge in [0.1, 0.15) is 0 Å². The summed E-state index contributed by atoms with van der Waals surface area (Å²) < 4.78 is 0. The minimum absolute atomic E-state index is 0.0146. The van der Waals surface area contributed by atoms with Crippen molar-refractivity contribution in [1.82, 2.24) is 20.8 Å². The smallest absolute Gasteiger partial charge is 0.315 e. The van der Waals surface area contributed by atoms with Gasteiger partial charge in [-0.3, -0.25) is 5.10 Å². The number of aromatic amines is 1. The van der Waals surface area contributed by atoms with Crippen molar-refractivity contribution in [3.8, 4) is 0 Å². The Morgan fingerprint density at radius 2 is 2.35 bits per heavy atom. The number of rotatable bonds is 7. The summed E-state index contributed by atoms with van der Waals surface area (Å²) in [6, 6.07) is -0.197. The van der Waals surface area contributed by atoms with Crippen molar-refractivity contribution in [2.75, 3.05) is 13.2 Å². The maximum atomic E-state index is 11.8. The average Bonchev–Trinajstić information content (AvgIpc) is 3.20. The molecule has 0 aromatic carbocycles. The van der Waals surface area contributed by atoms with E-state index >= 15 is 0 Å². The van der Waals surface area contributed by atoms with Crippen LogP contribution in [0.1, 0.15) is 37.4 Å². The maximum Gasteiger partial charge on any atom is 0.315 e. The van der Waals surface area contributed by atoms with Crippen molar-refractivity contribution in [3.63, 3.8) is 0 Å². The van der Waals surface area contributed by atoms with Gasteiger partial charge < -0.3 is 15.7 Å². The van der Waals surface area contributed by atoms with Crippen molar-refractivity contribution in [2.45, 2.75) is 45.1 Å². The first-order valence-corrected chi connectivity index (χ1v) is 7.21. The number of aromatic nitrogens is 2. The van der Waals surface area contributed by atoms with Crippen molar-refractivity contribution in [2.24, 2.45) is 5.92 Å². The van der Waals surface area contributed by atoms with E-state index < -0.39 is 5.54 Å². The van der Waals surface area contributed by atoms with Crippen LogP contribution in [0, 0.1) is 12.8 Å². The highest BCUT2D eigenvalue weighted by atomic mass is 16.3. The molecule has 1 atom stereocenters. The van der Waals surface area contributed by atoms with Crippen LogP contribution in [0.25, 0.3) is 0 Å². The fourth-order valence-corrected chi connectivity index (χ4v) is 2.40. The predicted molar refractivity (Wildman–Crippen MR) is 76.4 cm³/mol. The van der Waals surface area contributed by atoms with Crippen molar-refractivity contribution >= 4 is 6.03 Å². The van der Waals surface area contributed by atoms with Gasteiger partial charge in [0, 0.05) is 12.2 Å². The number of hydrogen-bond donors (Lipinski definition) is 4. The molecule has 6 heteroatoms. The summed E-state index contributed by atoms with van der Waals surface area (Å²) in [4.78, 5) is 11.8. The first-order chi connectivity index (χ1) is 9.55. The Kier molecular flexibility index (Phi) is 4.65. The molecule has 4 N–H and O–H groups in total. The van der Waals surface area contributed by atoms with Gasteiger partial charge in [-0.25, -0.2) is 4.79 Å². The Morgan fingerprint density at radius 1 is 1.60 bits per heavy atom. The van der Waals surface area contributed by atoms with Crippen molar-refractivity contribution in [1.29, 1.82) is 0 Å². The molecule has 1 fully saturated rings. The molecule has 1 aliphatic rings.